The van der Waals surface area contributed by atoms with Crippen LogP contribution in [0.2, 0.25) is 0 Å². The maximum absolute atomic E-state index is 13.2. The first-order valence-corrected chi connectivity index (χ1v) is 13.3. The lowest BCUT2D eigenvalue weighted by atomic mass is 9.82. The van der Waals surface area contributed by atoms with Crippen LogP contribution >= 0.6 is 36.9 Å². The van der Waals surface area contributed by atoms with E-state index in [0.29, 0.717) is 5.41 Å². The zero-order valence-corrected chi connectivity index (χ0v) is 23.1. The lowest BCUT2D eigenvalue weighted by Crippen LogP contribution is -2.42. The van der Waals surface area contributed by atoms with Gasteiger partial charge in [-0.1, -0.05) is 13.8 Å². The Bertz CT molecular complexity index is 743. The second kappa shape index (κ2) is 10.0. The Morgan fingerprint density at radius 2 is 1.83 bits per heavy atom. The Morgan fingerprint density at radius 1 is 1.27 bits per heavy atom. The van der Waals surface area contributed by atoms with E-state index in [-0.39, 0.29) is 12.1 Å². The Labute approximate surface area is 199 Å². The molecule has 1 N–H and O–H groups in total. The molecule has 2 rings (SSSR count). The van der Waals surface area contributed by atoms with E-state index >= 15 is 0 Å². The third-order valence-electron chi connectivity index (χ3n) is 5.02. The average Bonchev–Trinajstić information content (AvgIpc) is 2.66. The summed E-state index contributed by atoms with van der Waals surface area (Å²) in [5.41, 5.74) is 1.50. The molecule has 0 saturated carbocycles. The molecule has 0 bridgehead atoms. The molecule has 0 radical (unpaired) electrons. The Kier molecular flexibility index (Phi) is 8.60. The largest absolute Gasteiger partial charge is 0.461 e. The summed E-state index contributed by atoms with van der Waals surface area (Å²) in [6.07, 6.45) is 2.73. The average molecular weight is 599 g/mol. The number of hydrogen-bond donors (Lipinski definition) is 1. The topological polar surface area (TPSA) is 62.2 Å². The molecule has 0 aromatic rings. The molecule has 1 fully saturated rings. The highest BCUT2D eigenvalue weighted by Gasteiger charge is 2.38. The molecule has 2 heterocycles. The van der Waals surface area contributed by atoms with Gasteiger partial charge in [0.05, 0.1) is 28.1 Å². The first kappa shape index (κ1) is 25.8. The maximum Gasteiger partial charge on any atom is 0.340 e. The van der Waals surface area contributed by atoms with Crippen molar-refractivity contribution < 1.29 is 19.5 Å². The van der Waals surface area contributed by atoms with Gasteiger partial charge >= 0.3 is 5.97 Å². The molecule has 2 aliphatic rings. The van der Waals surface area contributed by atoms with Crippen LogP contribution in [0, 0.1) is 5.41 Å². The van der Waals surface area contributed by atoms with Gasteiger partial charge in [-0.15, -0.1) is 0 Å². The van der Waals surface area contributed by atoms with E-state index in [0.717, 1.165) is 45.2 Å². The lowest BCUT2D eigenvalue weighted by molar-refractivity contribution is -0.165. The molecule has 0 aromatic heterocycles. The van der Waals surface area contributed by atoms with E-state index in [1.165, 1.54) is 3.28 Å². The van der Waals surface area contributed by atoms with Crippen molar-refractivity contribution in [3.63, 3.8) is 0 Å². The van der Waals surface area contributed by atoms with E-state index in [4.69, 9.17) is 9.47 Å². The van der Waals surface area contributed by atoms with Crippen molar-refractivity contribution in [3.05, 3.63) is 22.0 Å². The molecule has 0 aliphatic carbocycles. The van der Waals surface area contributed by atoms with E-state index in [9.17, 15) is 10.0 Å². The van der Waals surface area contributed by atoms with Crippen molar-refractivity contribution in [2.45, 2.75) is 86.0 Å². The molecule has 2 aliphatic heterocycles. The minimum Gasteiger partial charge on any atom is -0.461 e. The smallest absolute Gasteiger partial charge is 0.340 e. The molecule has 1 saturated heterocycles. The molecule has 1 atom stereocenters. The van der Waals surface area contributed by atoms with Crippen LogP contribution in [0.5, 0.6) is 0 Å². The predicted molar refractivity (Wildman–Crippen MR) is 133 cm³/mol. The summed E-state index contributed by atoms with van der Waals surface area (Å²) in [5.74, 6) is -0.389. The maximum atomic E-state index is 13.2. The standard InChI is InChI=1S/C22H36BrIN2O4/c1-14(2)29-20(27)19(30-21(4,5)6)17-15(3)24-26(28)13-16(23)18(17)25-11-9-22(7,8)10-12-25/h13-14,19,28H,9-12H2,1-8H3/t19-/m0/s1. The van der Waals surface area contributed by atoms with Crippen molar-refractivity contribution in [2.24, 2.45) is 5.41 Å². The number of carbonyl (C=O) groups excluding carboxylic acids is 1. The molecule has 0 unspecified atom stereocenters. The SMILES string of the molecule is CC1=IN(O)C=C(Br)C(N2CCC(C)(C)CC2)=C1[C@H](OC(C)(C)C)C(=O)OC(C)C. The number of hydroxylamine groups is 1. The number of allylic oxidation sites excluding steroid dienone is 1. The van der Waals surface area contributed by atoms with Crippen LogP contribution in [0.3, 0.4) is 0 Å². The molecular weight excluding hydrogens is 563 g/mol. The predicted octanol–water partition coefficient (Wildman–Crippen LogP) is 5.52. The fourth-order valence-electron chi connectivity index (χ4n) is 3.48. The van der Waals surface area contributed by atoms with Gasteiger partial charge in [0.25, 0.3) is 0 Å². The highest BCUT2D eigenvalue weighted by Crippen LogP contribution is 2.39. The second-order valence-corrected chi connectivity index (χ2v) is 13.8. The van der Waals surface area contributed by atoms with Crippen molar-refractivity contribution in [1.29, 1.82) is 0 Å². The number of esters is 1. The van der Waals surface area contributed by atoms with Crippen LogP contribution in [0.4, 0.5) is 0 Å². The molecule has 8 heteroatoms. The van der Waals surface area contributed by atoms with Crippen LogP contribution in [0.25, 0.3) is 0 Å². The van der Waals surface area contributed by atoms with Gasteiger partial charge < -0.3 is 14.4 Å². The molecule has 0 amide bonds. The Hall–Kier alpha value is -0.450. The van der Waals surface area contributed by atoms with Crippen molar-refractivity contribution in [1.82, 2.24) is 8.18 Å². The second-order valence-electron chi connectivity index (χ2n) is 9.89. The molecule has 0 aromatic carbocycles. The minimum atomic E-state index is -0.871. The first-order valence-electron chi connectivity index (χ1n) is 10.4. The summed E-state index contributed by atoms with van der Waals surface area (Å²) in [4.78, 5) is 15.5. The monoisotopic (exact) mass is 598 g/mol. The Balaban J connectivity index is 2.63. The molecular formula is C22H36BrIN2O4. The third-order valence-corrected chi connectivity index (χ3v) is 7.68. The zero-order valence-electron chi connectivity index (χ0n) is 19.4. The summed E-state index contributed by atoms with van der Waals surface area (Å²) >= 11 is 2.81. The number of nitrogens with zero attached hydrogens (tertiary/aromatic N) is 2. The number of ether oxygens (including phenoxy) is 2. The number of piperidine rings is 1. The third kappa shape index (κ3) is 7.03. The van der Waals surface area contributed by atoms with Crippen LogP contribution in [0.1, 0.15) is 68.2 Å². The highest BCUT2D eigenvalue weighted by atomic mass is 127. The van der Waals surface area contributed by atoms with Crippen molar-refractivity contribution in [2.75, 3.05) is 13.1 Å². The molecule has 30 heavy (non-hydrogen) atoms. The van der Waals surface area contributed by atoms with E-state index in [1.54, 1.807) is 6.20 Å². The van der Waals surface area contributed by atoms with Crippen molar-refractivity contribution >= 4 is 46.4 Å². The van der Waals surface area contributed by atoms with Gasteiger partial charge in [0.2, 0.25) is 0 Å². The summed E-state index contributed by atoms with van der Waals surface area (Å²) in [5, 5.41) is 10.4. The van der Waals surface area contributed by atoms with Gasteiger partial charge in [0, 0.05) is 43.2 Å². The van der Waals surface area contributed by atoms with Gasteiger partial charge in [-0.2, -0.15) is 0 Å². The zero-order chi connectivity index (χ0) is 22.9. The first-order chi connectivity index (χ1) is 13.7. The van der Waals surface area contributed by atoms with E-state index in [2.05, 4.69) is 34.7 Å². The van der Waals surface area contributed by atoms with Gasteiger partial charge in [-0.05, 0) is 75.7 Å². The number of likely N-dealkylation sites (tertiary alicyclic amines) is 1. The van der Waals surface area contributed by atoms with Gasteiger partial charge in [-0.25, -0.2) is 8.07 Å². The highest BCUT2D eigenvalue weighted by molar-refractivity contribution is 14.2. The fraction of sp³-hybridized carbons (Fsp3) is 0.727. The summed E-state index contributed by atoms with van der Waals surface area (Å²) < 4.78 is 14.9. The van der Waals surface area contributed by atoms with Gasteiger partial charge in [-0.3, -0.25) is 5.21 Å². The number of halogens is 2. The normalized spacial score (nSPS) is 21.6. The van der Waals surface area contributed by atoms with Crippen LogP contribution in [-0.4, -0.2) is 53.8 Å². The van der Waals surface area contributed by atoms with Gasteiger partial charge in [0.15, 0.2) is 6.10 Å². The van der Waals surface area contributed by atoms with Crippen LogP contribution in [-0.2, 0) is 14.3 Å². The number of carbonyl (C=O) groups is 1. The quantitative estimate of drug-likeness (QED) is 0.256. The van der Waals surface area contributed by atoms with E-state index < -0.39 is 32.7 Å². The number of rotatable bonds is 5. The van der Waals surface area contributed by atoms with E-state index in [1.807, 2.05) is 41.5 Å². The summed E-state index contributed by atoms with van der Waals surface area (Å²) in [6, 6.07) is 0. The van der Waals surface area contributed by atoms with Gasteiger partial charge in [0.1, 0.15) is 0 Å². The van der Waals surface area contributed by atoms with Crippen molar-refractivity contribution in [3.8, 4) is 0 Å². The Morgan fingerprint density at radius 3 is 2.33 bits per heavy atom. The molecule has 172 valence electrons. The summed E-state index contributed by atoms with van der Waals surface area (Å²) in [7, 11) is 0. The summed E-state index contributed by atoms with van der Waals surface area (Å²) in [6.45, 7) is 17.8. The number of hydrogen-bond acceptors (Lipinski definition) is 6. The molecule has 6 nitrogen and oxygen atoms in total. The minimum absolute atomic E-state index is 0.238. The fourth-order valence-corrected chi connectivity index (χ4v) is 6.48. The lowest BCUT2D eigenvalue weighted by Gasteiger charge is -2.41. The van der Waals surface area contributed by atoms with Crippen LogP contribution < -0.4 is 0 Å². The molecule has 0 spiro atoms. The van der Waals surface area contributed by atoms with Crippen LogP contribution in [0.15, 0.2) is 22.0 Å².